The van der Waals surface area contributed by atoms with Crippen molar-refractivity contribution in [2.24, 2.45) is 0 Å². The maximum absolute atomic E-state index is 11.9. The largest absolute Gasteiger partial charge is 0.463 e. The smallest absolute Gasteiger partial charge is 0.377 e. The zero-order valence-corrected chi connectivity index (χ0v) is 12.0. The highest BCUT2D eigenvalue weighted by Gasteiger charge is 2.23. The van der Waals surface area contributed by atoms with Crippen LogP contribution in [0.1, 0.15) is 33.7 Å². The van der Waals surface area contributed by atoms with E-state index in [2.05, 4.69) is 14.8 Å². The average Bonchev–Trinajstić information content (AvgIpc) is 2.92. The summed E-state index contributed by atoms with van der Waals surface area (Å²) in [4.78, 5) is 27.4. The van der Waals surface area contributed by atoms with Crippen molar-refractivity contribution in [3.63, 3.8) is 0 Å². The van der Waals surface area contributed by atoms with Gasteiger partial charge >= 0.3 is 11.9 Å². The van der Waals surface area contributed by atoms with Gasteiger partial charge in [0.2, 0.25) is 5.82 Å². The molecule has 0 radical (unpaired) electrons. The number of aromatic nitrogens is 3. The first-order valence-corrected chi connectivity index (χ1v) is 6.36. The number of benzene rings is 1. The Bertz CT molecular complexity index is 661. The molecule has 1 heterocycles. The molecule has 0 atom stereocenters. The Labute approximate surface area is 121 Å². The first-order chi connectivity index (χ1) is 10.1. The van der Waals surface area contributed by atoms with Gasteiger partial charge in [-0.25, -0.2) is 14.3 Å². The normalized spacial score (nSPS) is 10.2. The van der Waals surface area contributed by atoms with E-state index in [0.717, 1.165) is 5.56 Å². The summed E-state index contributed by atoms with van der Waals surface area (Å²) in [5.41, 5.74) is 1.66. The molecule has 0 N–H and O–H groups in total. The lowest BCUT2D eigenvalue weighted by atomic mass is 10.2. The number of methoxy groups -OCH3 is 1. The van der Waals surface area contributed by atoms with E-state index in [0.29, 0.717) is 5.69 Å². The van der Waals surface area contributed by atoms with E-state index in [4.69, 9.17) is 4.74 Å². The molecule has 0 spiro atoms. The summed E-state index contributed by atoms with van der Waals surface area (Å²) < 4.78 is 10.8. The fourth-order valence-electron chi connectivity index (χ4n) is 1.68. The molecule has 7 heteroatoms. The number of hydrogen-bond acceptors (Lipinski definition) is 6. The van der Waals surface area contributed by atoms with E-state index in [9.17, 15) is 9.59 Å². The molecule has 0 fully saturated rings. The van der Waals surface area contributed by atoms with Crippen LogP contribution in [0.4, 0.5) is 0 Å². The Balaban J connectivity index is 2.51. The van der Waals surface area contributed by atoms with Gasteiger partial charge in [0.25, 0.3) is 5.82 Å². The van der Waals surface area contributed by atoms with Crippen LogP contribution in [0.5, 0.6) is 0 Å². The lowest BCUT2D eigenvalue weighted by Crippen LogP contribution is -2.13. The molecule has 1 aromatic heterocycles. The number of hydrogen-bond donors (Lipinski definition) is 0. The van der Waals surface area contributed by atoms with Crippen LogP contribution in [0.15, 0.2) is 24.3 Å². The molecule has 21 heavy (non-hydrogen) atoms. The molecule has 1 aromatic carbocycles. The third kappa shape index (κ3) is 3.07. The molecule has 110 valence electrons. The SMILES string of the molecule is CCOC(=O)c1nc(C(=O)OC)nn1-c1ccc(C)cc1. The van der Waals surface area contributed by atoms with Gasteiger partial charge in [0.1, 0.15) is 0 Å². The van der Waals surface area contributed by atoms with Crippen LogP contribution in [-0.2, 0) is 9.47 Å². The van der Waals surface area contributed by atoms with E-state index in [1.807, 2.05) is 19.1 Å². The summed E-state index contributed by atoms with van der Waals surface area (Å²) in [6.45, 7) is 3.83. The maximum atomic E-state index is 11.9. The van der Waals surface area contributed by atoms with Gasteiger partial charge in [0, 0.05) is 0 Å². The van der Waals surface area contributed by atoms with Crippen LogP contribution >= 0.6 is 0 Å². The number of ether oxygens (including phenoxy) is 2. The summed E-state index contributed by atoms with van der Waals surface area (Å²) in [5.74, 6) is -1.63. The maximum Gasteiger partial charge on any atom is 0.377 e. The number of esters is 2. The topological polar surface area (TPSA) is 83.3 Å². The molecule has 0 unspecified atom stereocenters. The predicted molar refractivity (Wildman–Crippen MR) is 73.4 cm³/mol. The quantitative estimate of drug-likeness (QED) is 0.794. The molecule has 0 aliphatic rings. The van der Waals surface area contributed by atoms with Crippen LogP contribution in [0, 0.1) is 6.92 Å². The Morgan fingerprint density at radius 1 is 1.19 bits per heavy atom. The van der Waals surface area contributed by atoms with Gasteiger partial charge in [-0.05, 0) is 26.0 Å². The van der Waals surface area contributed by atoms with Crippen molar-refractivity contribution in [2.75, 3.05) is 13.7 Å². The zero-order chi connectivity index (χ0) is 15.4. The van der Waals surface area contributed by atoms with Gasteiger partial charge in [-0.2, -0.15) is 4.98 Å². The summed E-state index contributed by atoms with van der Waals surface area (Å²) in [6.07, 6.45) is 0. The van der Waals surface area contributed by atoms with Crippen LogP contribution in [0.25, 0.3) is 5.69 Å². The van der Waals surface area contributed by atoms with Crippen LogP contribution in [0.2, 0.25) is 0 Å². The third-order valence-corrected chi connectivity index (χ3v) is 2.71. The van der Waals surface area contributed by atoms with Gasteiger partial charge in [0.05, 0.1) is 19.4 Å². The lowest BCUT2D eigenvalue weighted by molar-refractivity contribution is 0.0508. The molecule has 0 saturated heterocycles. The summed E-state index contributed by atoms with van der Waals surface area (Å²) >= 11 is 0. The lowest BCUT2D eigenvalue weighted by Gasteiger charge is -2.05. The van der Waals surface area contributed by atoms with E-state index in [1.165, 1.54) is 11.8 Å². The Hall–Kier alpha value is -2.70. The zero-order valence-electron chi connectivity index (χ0n) is 12.0. The Morgan fingerprint density at radius 3 is 2.43 bits per heavy atom. The van der Waals surface area contributed by atoms with Gasteiger partial charge in [-0.3, -0.25) is 0 Å². The molecule has 7 nitrogen and oxygen atoms in total. The molecular weight excluding hydrogens is 274 g/mol. The summed E-state index contributed by atoms with van der Waals surface area (Å²) in [6, 6.07) is 7.27. The second-order valence-corrected chi connectivity index (χ2v) is 4.22. The molecule has 0 saturated carbocycles. The first-order valence-electron chi connectivity index (χ1n) is 6.36. The average molecular weight is 289 g/mol. The van der Waals surface area contributed by atoms with E-state index in [1.54, 1.807) is 19.1 Å². The number of nitrogens with zero attached hydrogens (tertiary/aromatic N) is 3. The highest BCUT2D eigenvalue weighted by atomic mass is 16.5. The molecule has 2 rings (SSSR count). The van der Waals surface area contributed by atoms with Crippen molar-refractivity contribution in [2.45, 2.75) is 13.8 Å². The third-order valence-electron chi connectivity index (χ3n) is 2.71. The van der Waals surface area contributed by atoms with Gasteiger partial charge in [0.15, 0.2) is 0 Å². The van der Waals surface area contributed by atoms with Crippen LogP contribution in [0.3, 0.4) is 0 Å². The second-order valence-electron chi connectivity index (χ2n) is 4.22. The monoisotopic (exact) mass is 289 g/mol. The Morgan fingerprint density at radius 2 is 1.86 bits per heavy atom. The number of carbonyl (C=O) groups excluding carboxylic acids is 2. The second kappa shape index (κ2) is 6.17. The van der Waals surface area contributed by atoms with Crippen molar-refractivity contribution in [3.05, 3.63) is 41.5 Å². The highest BCUT2D eigenvalue weighted by molar-refractivity contribution is 5.90. The summed E-state index contributed by atoms with van der Waals surface area (Å²) in [5, 5.41) is 4.01. The standard InChI is InChI=1S/C14H15N3O4/c1-4-21-14(19)12-15-11(13(18)20-3)16-17(12)10-7-5-9(2)6-8-10/h5-8H,4H2,1-3H3. The minimum absolute atomic E-state index is 0.0684. The van der Waals surface area contributed by atoms with Crippen LogP contribution < -0.4 is 0 Å². The first kappa shape index (κ1) is 14.7. The van der Waals surface area contributed by atoms with Gasteiger partial charge in [-0.15, -0.1) is 5.10 Å². The molecule has 2 aromatic rings. The Kier molecular flexibility index (Phi) is 4.32. The molecular formula is C14H15N3O4. The summed E-state index contributed by atoms with van der Waals surface area (Å²) in [7, 11) is 1.22. The van der Waals surface area contributed by atoms with Crippen LogP contribution in [-0.4, -0.2) is 40.4 Å². The van der Waals surface area contributed by atoms with Crippen molar-refractivity contribution < 1.29 is 19.1 Å². The van der Waals surface area contributed by atoms with Crippen molar-refractivity contribution in [1.29, 1.82) is 0 Å². The molecule has 0 bridgehead atoms. The van der Waals surface area contributed by atoms with Crippen molar-refractivity contribution in [1.82, 2.24) is 14.8 Å². The molecule has 0 amide bonds. The van der Waals surface area contributed by atoms with Gasteiger partial charge < -0.3 is 9.47 Å². The molecule has 0 aliphatic carbocycles. The number of rotatable bonds is 4. The van der Waals surface area contributed by atoms with Crippen molar-refractivity contribution >= 4 is 11.9 Å². The highest BCUT2D eigenvalue weighted by Crippen LogP contribution is 2.13. The van der Waals surface area contributed by atoms with E-state index in [-0.39, 0.29) is 18.3 Å². The number of aryl methyl sites for hydroxylation is 1. The minimum Gasteiger partial charge on any atom is -0.463 e. The fraction of sp³-hybridized carbons (Fsp3) is 0.286. The molecule has 0 aliphatic heterocycles. The van der Waals surface area contributed by atoms with E-state index < -0.39 is 11.9 Å². The minimum atomic E-state index is -0.716. The predicted octanol–water partition coefficient (Wildman–Crippen LogP) is 1.54. The van der Waals surface area contributed by atoms with E-state index >= 15 is 0 Å². The number of carbonyl (C=O) groups is 2. The fourth-order valence-corrected chi connectivity index (χ4v) is 1.68. The van der Waals surface area contributed by atoms with Gasteiger partial charge in [-0.1, -0.05) is 17.7 Å². The van der Waals surface area contributed by atoms with Crippen molar-refractivity contribution in [3.8, 4) is 5.69 Å².